The summed E-state index contributed by atoms with van der Waals surface area (Å²) in [5.41, 5.74) is 0. The maximum absolute atomic E-state index is 12.2. The molecule has 0 aromatic rings. The molecule has 0 unspecified atom stereocenters. The Balaban J connectivity index is 2.42. The smallest absolute Gasteiger partial charge is 0.448 e. The fourth-order valence-electron chi connectivity index (χ4n) is 2.07. The van der Waals surface area contributed by atoms with Crippen molar-refractivity contribution in [3.63, 3.8) is 0 Å². The maximum atomic E-state index is 12.2. The van der Waals surface area contributed by atoms with Gasteiger partial charge in [-0.3, -0.25) is 0 Å². The van der Waals surface area contributed by atoms with Gasteiger partial charge in [0.05, 0.1) is 0 Å². The van der Waals surface area contributed by atoms with Crippen LogP contribution in [-0.2, 0) is 0 Å². The summed E-state index contributed by atoms with van der Waals surface area (Å²) in [5, 5.41) is 0. The second-order valence-electron chi connectivity index (χ2n) is 3.74. The first-order valence-corrected chi connectivity index (χ1v) is 4.98. The lowest BCUT2D eigenvalue weighted by Gasteiger charge is -2.31. The summed E-state index contributed by atoms with van der Waals surface area (Å²) in [6.07, 6.45) is 3.39. The lowest BCUT2D eigenvalue weighted by atomic mass is 9.90. The van der Waals surface area contributed by atoms with E-state index in [2.05, 4.69) is 0 Å². The molecule has 1 saturated carbocycles. The highest BCUT2D eigenvalue weighted by Gasteiger charge is 2.30. The van der Waals surface area contributed by atoms with E-state index in [1.807, 2.05) is 0 Å². The quantitative estimate of drug-likeness (QED) is 0.621. The van der Waals surface area contributed by atoms with Gasteiger partial charge in [0, 0.05) is 6.04 Å². The van der Waals surface area contributed by atoms with Gasteiger partial charge in [0.1, 0.15) is 0 Å². The monoisotopic (exact) mass is 194 g/mol. The highest BCUT2D eigenvalue weighted by Crippen LogP contribution is 2.25. The molecule has 0 saturated heterocycles. The molecule has 0 atom stereocenters. The van der Waals surface area contributed by atoms with Crippen LogP contribution >= 0.6 is 0 Å². The van der Waals surface area contributed by atoms with Crippen LogP contribution in [0.1, 0.15) is 32.6 Å². The van der Waals surface area contributed by atoms with E-state index in [1.165, 1.54) is 0 Å². The zero-order valence-electron chi connectivity index (χ0n) is 7.98. The van der Waals surface area contributed by atoms with Gasteiger partial charge in [0.25, 0.3) is 0 Å². The van der Waals surface area contributed by atoms with E-state index in [9.17, 15) is 12.9 Å². The van der Waals surface area contributed by atoms with Crippen molar-refractivity contribution in [2.75, 3.05) is 13.0 Å². The summed E-state index contributed by atoms with van der Waals surface area (Å²) in [7, 11) is 0. The standard InChI is InChI=1S/C8H16BF3N/c1-2-13(7-9(10,11)12)8-5-3-4-6-8/h8H,2-7H2,1H3/q-1. The summed E-state index contributed by atoms with van der Waals surface area (Å²) in [6, 6.07) is 0.188. The average molecular weight is 194 g/mol. The molecular weight excluding hydrogens is 178 g/mol. The molecule has 0 N–H and O–H groups in total. The molecular formula is C8H16BF3N-. The van der Waals surface area contributed by atoms with Crippen LogP contribution in [0, 0.1) is 0 Å². The molecule has 1 nitrogen and oxygen atoms in total. The Labute approximate surface area is 77.4 Å². The van der Waals surface area contributed by atoms with Gasteiger partial charge in [-0.15, -0.1) is 0 Å². The minimum atomic E-state index is -4.65. The minimum Gasteiger partial charge on any atom is -0.448 e. The molecule has 0 amide bonds. The van der Waals surface area contributed by atoms with E-state index in [-0.39, 0.29) is 6.04 Å². The topological polar surface area (TPSA) is 3.24 Å². The van der Waals surface area contributed by atoms with Gasteiger partial charge in [0.2, 0.25) is 0 Å². The van der Waals surface area contributed by atoms with Gasteiger partial charge < -0.3 is 17.8 Å². The molecule has 1 aliphatic carbocycles. The summed E-state index contributed by atoms with van der Waals surface area (Å²) in [4.78, 5) is 1.58. The Morgan fingerprint density at radius 3 is 2.15 bits per heavy atom. The molecule has 1 rings (SSSR count). The van der Waals surface area contributed by atoms with Gasteiger partial charge in [-0.2, -0.15) is 0 Å². The predicted octanol–water partition coefficient (Wildman–Crippen LogP) is 2.64. The highest BCUT2D eigenvalue weighted by atomic mass is 19.4. The maximum Gasteiger partial charge on any atom is 0.492 e. The summed E-state index contributed by atoms with van der Waals surface area (Å²) < 4.78 is 36.5. The van der Waals surface area contributed by atoms with Crippen LogP contribution in [0.2, 0.25) is 0 Å². The Hall–Kier alpha value is -0.185. The zero-order chi connectivity index (χ0) is 9.90. The molecule has 0 radical (unpaired) electrons. The van der Waals surface area contributed by atoms with Crippen LogP contribution < -0.4 is 0 Å². The Kier molecular flexibility index (Phi) is 3.65. The number of halogens is 3. The van der Waals surface area contributed by atoms with Crippen molar-refractivity contribution < 1.29 is 12.9 Å². The van der Waals surface area contributed by atoms with E-state index >= 15 is 0 Å². The van der Waals surface area contributed by atoms with E-state index < -0.39 is 13.4 Å². The van der Waals surface area contributed by atoms with Crippen LogP contribution in [-0.4, -0.2) is 30.9 Å². The fraction of sp³-hybridized carbons (Fsp3) is 1.00. The Morgan fingerprint density at radius 1 is 1.23 bits per heavy atom. The van der Waals surface area contributed by atoms with E-state index in [0.29, 0.717) is 6.54 Å². The zero-order valence-corrected chi connectivity index (χ0v) is 7.98. The number of hydrogen-bond donors (Lipinski definition) is 0. The lowest BCUT2D eigenvalue weighted by molar-refractivity contribution is 0.218. The third kappa shape index (κ3) is 3.59. The van der Waals surface area contributed by atoms with Gasteiger partial charge in [-0.05, 0) is 25.8 Å². The molecule has 13 heavy (non-hydrogen) atoms. The first-order valence-electron chi connectivity index (χ1n) is 4.98. The Bertz CT molecular complexity index is 154. The molecule has 5 heteroatoms. The van der Waals surface area contributed by atoms with E-state index in [0.717, 1.165) is 25.7 Å². The first kappa shape index (κ1) is 10.9. The van der Waals surface area contributed by atoms with E-state index in [1.54, 1.807) is 11.8 Å². The van der Waals surface area contributed by atoms with Crippen molar-refractivity contribution in [3.8, 4) is 0 Å². The van der Waals surface area contributed by atoms with Crippen molar-refractivity contribution in [2.45, 2.75) is 38.6 Å². The SMILES string of the molecule is CCN(C[B-](F)(F)F)C1CCCC1. The second-order valence-corrected chi connectivity index (χ2v) is 3.74. The van der Waals surface area contributed by atoms with Crippen LogP contribution in [0.4, 0.5) is 12.9 Å². The Morgan fingerprint density at radius 2 is 1.77 bits per heavy atom. The largest absolute Gasteiger partial charge is 0.492 e. The fourth-order valence-corrected chi connectivity index (χ4v) is 2.07. The molecule has 78 valence electrons. The van der Waals surface area contributed by atoms with Gasteiger partial charge in [0.15, 0.2) is 0 Å². The molecule has 0 bridgehead atoms. The average Bonchev–Trinajstić information content (AvgIpc) is 2.50. The van der Waals surface area contributed by atoms with Gasteiger partial charge >= 0.3 is 6.98 Å². The third-order valence-corrected chi connectivity index (χ3v) is 2.69. The van der Waals surface area contributed by atoms with Crippen molar-refractivity contribution in [3.05, 3.63) is 0 Å². The van der Waals surface area contributed by atoms with Crippen LogP contribution in [0.3, 0.4) is 0 Å². The number of hydrogen-bond acceptors (Lipinski definition) is 1. The number of rotatable bonds is 4. The summed E-state index contributed by atoms with van der Waals surface area (Å²) in [5.74, 6) is 0. The molecule has 1 aliphatic rings. The molecule has 0 aromatic carbocycles. The first-order chi connectivity index (χ1) is 6.03. The van der Waals surface area contributed by atoms with Crippen molar-refractivity contribution in [1.82, 2.24) is 4.90 Å². The molecule has 0 heterocycles. The predicted molar refractivity (Wildman–Crippen MR) is 48.6 cm³/mol. The van der Waals surface area contributed by atoms with Crippen molar-refractivity contribution in [1.29, 1.82) is 0 Å². The highest BCUT2D eigenvalue weighted by molar-refractivity contribution is 6.58. The normalized spacial score (nSPS) is 20.1. The molecule has 0 aromatic heterocycles. The second kappa shape index (κ2) is 4.35. The van der Waals surface area contributed by atoms with Gasteiger partial charge in [-0.1, -0.05) is 19.8 Å². The van der Waals surface area contributed by atoms with E-state index in [4.69, 9.17) is 0 Å². The van der Waals surface area contributed by atoms with Crippen molar-refractivity contribution >= 4 is 6.98 Å². The van der Waals surface area contributed by atoms with Crippen molar-refractivity contribution in [2.24, 2.45) is 0 Å². The minimum absolute atomic E-state index is 0.188. The summed E-state index contributed by atoms with van der Waals surface area (Å²) >= 11 is 0. The van der Waals surface area contributed by atoms with Crippen LogP contribution in [0.5, 0.6) is 0 Å². The molecule has 0 spiro atoms. The van der Waals surface area contributed by atoms with Crippen LogP contribution in [0.25, 0.3) is 0 Å². The number of nitrogens with zero attached hydrogens (tertiary/aromatic N) is 1. The summed E-state index contributed by atoms with van der Waals surface area (Å²) in [6.45, 7) is -2.32. The molecule has 0 aliphatic heterocycles. The lowest BCUT2D eigenvalue weighted by Crippen LogP contribution is -2.43. The molecule has 1 fully saturated rings. The third-order valence-electron chi connectivity index (χ3n) is 2.69. The van der Waals surface area contributed by atoms with Gasteiger partial charge in [-0.25, -0.2) is 0 Å². The van der Waals surface area contributed by atoms with Crippen LogP contribution in [0.15, 0.2) is 0 Å².